The van der Waals surface area contributed by atoms with Gasteiger partial charge in [-0.25, -0.2) is 24.5 Å². The smallest absolute Gasteiger partial charge is 0.336 e. The third-order valence-electron chi connectivity index (χ3n) is 7.72. The van der Waals surface area contributed by atoms with Crippen LogP contribution in [0, 0.1) is 10.1 Å². The van der Waals surface area contributed by atoms with Crippen LogP contribution in [0.25, 0.3) is 0 Å². The molecule has 3 heterocycles. The first-order valence-corrected chi connectivity index (χ1v) is 17.1. The summed E-state index contributed by atoms with van der Waals surface area (Å²) in [6, 6.07) is 6.82. The van der Waals surface area contributed by atoms with Gasteiger partial charge >= 0.3 is 23.9 Å². The second-order valence-electron chi connectivity index (χ2n) is 11.9. The number of hydrogen-bond acceptors (Lipinski definition) is 18. The van der Waals surface area contributed by atoms with Crippen molar-refractivity contribution in [2.75, 3.05) is 50.3 Å². The summed E-state index contributed by atoms with van der Waals surface area (Å²) in [6.07, 6.45) is 3.86. The Bertz CT molecular complexity index is 1860. The van der Waals surface area contributed by atoms with Crippen molar-refractivity contribution in [3.63, 3.8) is 0 Å². The molecule has 1 aliphatic heterocycles. The highest BCUT2D eigenvalue weighted by Crippen LogP contribution is 2.27. The maximum atomic E-state index is 13.2. The summed E-state index contributed by atoms with van der Waals surface area (Å²) in [5, 5.41) is 49.5. The molecule has 2 aromatic heterocycles. The van der Waals surface area contributed by atoms with E-state index in [-0.39, 0.29) is 44.6 Å². The summed E-state index contributed by atoms with van der Waals surface area (Å²) >= 11 is 6.29. The van der Waals surface area contributed by atoms with Crippen LogP contribution in [-0.4, -0.2) is 127 Å². The van der Waals surface area contributed by atoms with Gasteiger partial charge in [-0.3, -0.25) is 14.4 Å². The van der Waals surface area contributed by atoms with Crippen LogP contribution in [0.2, 0.25) is 5.02 Å². The van der Waals surface area contributed by atoms with Crippen LogP contribution in [0.1, 0.15) is 47.4 Å². The second-order valence-corrected chi connectivity index (χ2v) is 12.3. The molecule has 0 radical (unpaired) electrons. The van der Waals surface area contributed by atoms with Gasteiger partial charge in [0.05, 0.1) is 44.2 Å². The number of anilines is 2. The second kappa shape index (κ2) is 22.2. The number of aliphatic hydroxyl groups is 1. The predicted molar refractivity (Wildman–Crippen MR) is 193 cm³/mol. The first-order valence-electron chi connectivity index (χ1n) is 16.8. The molecule has 57 heavy (non-hydrogen) atoms. The van der Waals surface area contributed by atoms with Gasteiger partial charge in [-0.05, 0) is 36.6 Å². The quantitative estimate of drug-likeness (QED) is 0.0377. The van der Waals surface area contributed by atoms with Gasteiger partial charge in [0.25, 0.3) is 11.0 Å². The lowest BCUT2D eigenvalue weighted by Crippen LogP contribution is -2.42. The number of carbonyl (C=O) groups is 5. The monoisotopic (exact) mass is 822 g/mol. The average Bonchev–Trinajstić information content (AvgIpc) is 3.64. The summed E-state index contributed by atoms with van der Waals surface area (Å²) in [4.78, 5) is 89.4. The zero-order valence-electron chi connectivity index (χ0n) is 30.2. The largest absolute Gasteiger partial charge is 0.495 e. The van der Waals surface area contributed by atoms with Crippen molar-refractivity contribution in [1.29, 1.82) is 0 Å². The van der Waals surface area contributed by atoms with Gasteiger partial charge in [-0.15, -0.1) is 10.1 Å². The summed E-state index contributed by atoms with van der Waals surface area (Å²) in [5.74, 6) is -4.42. The van der Waals surface area contributed by atoms with Gasteiger partial charge in [0.1, 0.15) is 42.8 Å². The van der Waals surface area contributed by atoms with E-state index in [0.717, 1.165) is 18.4 Å². The number of ether oxygens (including phenoxy) is 3. The molecule has 0 saturated carbocycles. The number of rotatable bonds is 21. The first-order chi connectivity index (χ1) is 27.1. The molecule has 1 saturated heterocycles. The van der Waals surface area contributed by atoms with Crippen molar-refractivity contribution < 1.29 is 68.5 Å². The lowest BCUT2D eigenvalue weighted by atomic mass is 9.96. The Morgan fingerprint density at radius 1 is 1.05 bits per heavy atom. The van der Waals surface area contributed by atoms with Crippen LogP contribution in [0.15, 0.2) is 42.9 Å². The minimum atomic E-state index is -2.74. The highest BCUT2D eigenvalue weighted by Gasteiger charge is 2.40. The normalized spacial score (nSPS) is 13.4. The lowest BCUT2D eigenvalue weighted by Gasteiger charge is -2.25. The first kappa shape index (κ1) is 44.9. The third kappa shape index (κ3) is 14.9. The van der Waals surface area contributed by atoms with E-state index in [1.54, 1.807) is 30.6 Å². The van der Waals surface area contributed by atoms with Crippen molar-refractivity contribution in [3.8, 4) is 5.75 Å². The van der Waals surface area contributed by atoms with E-state index in [9.17, 15) is 34.1 Å². The molecule has 1 atom stereocenters. The number of aliphatic carboxylic acids is 3. The van der Waals surface area contributed by atoms with Crippen molar-refractivity contribution >= 4 is 53.2 Å². The fourth-order valence-electron chi connectivity index (χ4n) is 5.04. The van der Waals surface area contributed by atoms with Gasteiger partial charge in [-0.2, -0.15) is 4.98 Å². The molecule has 0 aliphatic carbocycles. The highest BCUT2D eigenvalue weighted by molar-refractivity contribution is 6.32. The van der Waals surface area contributed by atoms with E-state index in [2.05, 4.69) is 35.4 Å². The molecule has 0 bridgehead atoms. The maximum Gasteiger partial charge on any atom is 0.336 e. The number of methoxy groups -OCH3 is 1. The third-order valence-corrected chi connectivity index (χ3v) is 8.02. The molecule has 1 amide bonds. The summed E-state index contributed by atoms with van der Waals surface area (Å²) in [7, 11) is 1.53. The van der Waals surface area contributed by atoms with E-state index < -0.39 is 53.3 Å². The lowest BCUT2D eigenvalue weighted by molar-refractivity contribution is -0.758. The number of nitrogens with one attached hydrogen (secondary N) is 2. The number of carboxylic acid groups (broad SMARTS) is 3. The average molecular weight is 823 g/mol. The zero-order valence-corrected chi connectivity index (χ0v) is 31.0. The van der Waals surface area contributed by atoms with E-state index in [4.69, 9.17) is 46.2 Å². The number of nitrogens with zero attached hydrogens (tertiary/aromatic N) is 6. The Morgan fingerprint density at radius 2 is 1.75 bits per heavy atom. The highest BCUT2D eigenvalue weighted by atomic mass is 35.5. The van der Waals surface area contributed by atoms with Crippen LogP contribution in [0.5, 0.6) is 5.75 Å². The SMILES string of the molecule is COc1ccc(CNc2nc(N3CCC[C@H]3COC(=O)COCCO[N+](=O)[O-])ncc2C(=O)NCc2ncccn2)cc1Cl.O=C(O)CC(O)(CC(=O)O)C(=O)O. The maximum absolute atomic E-state index is 13.2. The number of aromatic nitrogens is 4. The Labute approximate surface area is 328 Å². The predicted octanol–water partition coefficient (Wildman–Crippen LogP) is 0.959. The number of hydrogen-bond donors (Lipinski definition) is 6. The number of carboxylic acids is 3. The number of benzene rings is 1. The molecule has 23 nitrogen and oxygen atoms in total. The minimum absolute atomic E-state index is 0.0589. The Hall–Kier alpha value is -6.46. The van der Waals surface area contributed by atoms with Gasteiger partial charge in [-0.1, -0.05) is 17.7 Å². The summed E-state index contributed by atoms with van der Waals surface area (Å²) in [5.41, 5.74) is -1.69. The molecule has 0 unspecified atom stereocenters. The number of carbonyl (C=O) groups excluding carboxylic acids is 2. The number of halogens is 1. The molecular formula is C33H39ClN8O15. The Morgan fingerprint density at radius 3 is 2.37 bits per heavy atom. The van der Waals surface area contributed by atoms with E-state index in [1.807, 2.05) is 11.0 Å². The Balaban J connectivity index is 0.000000573. The standard InChI is InChI=1S/C27H31ClN8O8.C6H8O7/c1-41-22-6-5-18(12-21(22)28)13-31-25-20(26(38)32-15-23-29-7-3-8-30-23)14-33-27(34-25)35-9-2-4-19(35)16-43-24(37)17-42-10-11-44-36(39)40;7-3(8)1-6(13,5(11)12)2-4(9)10/h3,5-8,12,14,19H,2,4,9-11,13,15-17H2,1H3,(H,32,38)(H,31,33,34);13H,1-2H2,(H,7,8)(H,9,10)(H,11,12)/t19-;/m0./s1. The van der Waals surface area contributed by atoms with Crippen LogP contribution < -0.4 is 20.3 Å². The van der Waals surface area contributed by atoms with Crippen molar-refractivity contribution in [2.24, 2.45) is 0 Å². The van der Waals surface area contributed by atoms with Crippen molar-refractivity contribution in [3.05, 3.63) is 74.9 Å². The molecular weight excluding hydrogens is 784 g/mol. The van der Waals surface area contributed by atoms with Gasteiger partial charge in [0.2, 0.25) is 5.95 Å². The number of amides is 1. The van der Waals surface area contributed by atoms with Crippen molar-refractivity contribution in [1.82, 2.24) is 25.3 Å². The Kier molecular flexibility index (Phi) is 17.5. The van der Waals surface area contributed by atoms with E-state index >= 15 is 0 Å². The minimum Gasteiger partial charge on any atom is -0.495 e. The molecule has 1 aliphatic rings. The van der Waals surface area contributed by atoms with Crippen molar-refractivity contribution in [2.45, 2.75) is 50.4 Å². The topological polar surface area (TPSA) is 325 Å². The fraction of sp³-hybridized carbons (Fsp3) is 0.424. The van der Waals surface area contributed by atoms with Gasteiger partial charge in [0, 0.05) is 31.7 Å². The number of esters is 1. The molecule has 3 aromatic rings. The zero-order chi connectivity index (χ0) is 42.0. The molecule has 308 valence electrons. The molecule has 1 fully saturated rings. The van der Waals surface area contributed by atoms with Crippen LogP contribution in [0.4, 0.5) is 11.8 Å². The van der Waals surface area contributed by atoms with E-state index in [1.165, 1.54) is 13.3 Å². The summed E-state index contributed by atoms with van der Waals surface area (Å²) in [6.45, 7) is 0.299. The van der Waals surface area contributed by atoms with E-state index in [0.29, 0.717) is 41.5 Å². The van der Waals surface area contributed by atoms with Gasteiger partial charge in [0.15, 0.2) is 5.60 Å². The molecule has 1 aromatic carbocycles. The summed E-state index contributed by atoms with van der Waals surface area (Å²) < 4.78 is 15.6. The molecule has 0 spiro atoms. The molecule has 4 rings (SSSR count). The van der Waals surface area contributed by atoms with Crippen LogP contribution in [-0.2, 0) is 46.6 Å². The van der Waals surface area contributed by atoms with Gasteiger partial charge < -0.3 is 55.0 Å². The van der Waals surface area contributed by atoms with Crippen LogP contribution >= 0.6 is 11.6 Å². The molecule has 24 heteroatoms. The fourth-order valence-corrected chi connectivity index (χ4v) is 5.32. The molecule has 6 N–H and O–H groups in total. The van der Waals surface area contributed by atoms with Crippen LogP contribution in [0.3, 0.4) is 0 Å².